The van der Waals surface area contributed by atoms with Crippen LogP contribution < -0.4 is 15.4 Å². The zero-order valence-electron chi connectivity index (χ0n) is 14.3. The highest BCUT2D eigenvalue weighted by Gasteiger charge is 2.40. The second-order valence-electron chi connectivity index (χ2n) is 6.57. The quantitative estimate of drug-likeness (QED) is 0.857. The molecule has 1 aliphatic heterocycles. The molecule has 1 aromatic carbocycles. The first-order valence-electron chi connectivity index (χ1n) is 8.74. The van der Waals surface area contributed by atoms with Crippen LogP contribution in [0.3, 0.4) is 0 Å². The van der Waals surface area contributed by atoms with Crippen molar-refractivity contribution in [1.29, 1.82) is 0 Å². The molecule has 2 aliphatic rings. The highest BCUT2D eigenvalue weighted by atomic mass is 32.2. The fraction of sp³-hybridized carbons (Fsp3) is 0.611. The van der Waals surface area contributed by atoms with Crippen molar-refractivity contribution >= 4 is 23.5 Å². The Hall–Kier alpha value is -1.40. The first-order valence-corrected chi connectivity index (χ1v) is 9.89. The van der Waals surface area contributed by atoms with Crippen molar-refractivity contribution in [2.75, 3.05) is 43.6 Å². The number of hydrogen-bond donors (Lipinski definition) is 2. The van der Waals surface area contributed by atoms with Gasteiger partial charge in [0, 0.05) is 42.4 Å². The van der Waals surface area contributed by atoms with Crippen LogP contribution in [0.5, 0.6) is 5.75 Å². The van der Waals surface area contributed by atoms with Crippen molar-refractivity contribution in [3.8, 4) is 5.75 Å². The maximum absolute atomic E-state index is 12.3. The van der Waals surface area contributed by atoms with Gasteiger partial charge in [0.1, 0.15) is 5.75 Å². The van der Waals surface area contributed by atoms with E-state index in [-0.39, 0.29) is 11.6 Å². The number of carbonyl (C=O) groups is 1. The fourth-order valence-electron chi connectivity index (χ4n) is 3.77. The van der Waals surface area contributed by atoms with E-state index in [9.17, 15) is 4.79 Å². The minimum absolute atomic E-state index is 0.127. The molecule has 5 nitrogen and oxygen atoms in total. The molecule has 1 aromatic rings. The molecule has 1 aliphatic carbocycles. The third kappa shape index (κ3) is 4.16. The Kier molecular flexibility index (Phi) is 5.89. The van der Waals surface area contributed by atoms with Crippen molar-refractivity contribution in [2.45, 2.75) is 31.2 Å². The second-order valence-corrected chi connectivity index (χ2v) is 7.79. The van der Waals surface area contributed by atoms with E-state index in [1.165, 1.54) is 37.2 Å². The van der Waals surface area contributed by atoms with Crippen molar-refractivity contribution in [1.82, 2.24) is 10.2 Å². The maximum atomic E-state index is 12.3. The SMILES string of the molecule is COc1ccc(NC(=O)NCC2(N3CCSCC3)CCCC2)cc1. The minimum Gasteiger partial charge on any atom is -0.497 e. The summed E-state index contributed by atoms with van der Waals surface area (Å²) in [5, 5.41) is 6.02. The second kappa shape index (κ2) is 8.12. The summed E-state index contributed by atoms with van der Waals surface area (Å²) in [5.41, 5.74) is 0.946. The lowest BCUT2D eigenvalue weighted by atomic mass is 9.94. The molecule has 0 atom stereocenters. The average Bonchev–Trinajstić information content (AvgIpc) is 3.12. The van der Waals surface area contributed by atoms with E-state index in [2.05, 4.69) is 15.5 Å². The van der Waals surface area contributed by atoms with E-state index in [1.807, 2.05) is 36.0 Å². The lowest BCUT2D eigenvalue weighted by Gasteiger charge is -2.43. The summed E-state index contributed by atoms with van der Waals surface area (Å²) in [7, 11) is 1.63. The van der Waals surface area contributed by atoms with Crippen molar-refractivity contribution in [3.05, 3.63) is 24.3 Å². The van der Waals surface area contributed by atoms with Gasteiger partial charge in [0.15, 0.2) is 0 Å². The van der Waals surface area contributed by atoms with Gasteiger partial charge in [-0.05, 0) is 37.1 Å². The first-order chi connectivity index (χ1) is 11.7. The Morgan fingerprint density at radius 3 is 2.50 bits per heavy atom. The molecule has 2 fully saturated rings. The molecule has 2 amide bonds. The first kappa shape index (κ1) is 17.4. The summed E-state index contributed by atoms with van der Waals surface area (Å²) < 4.78 is 5.13. The van der Waals surface area contributed by atoms with Crippen LogP contribution >= 0.6 is 11.8 Å². The molecule has 1 heterocycles. The monoisotopic (exact) mass is 349 g/mol. The molecule has 0 radical (unpaired) electrons. The zero-order chi connectivity index (χ0) is 16.8. The summed E-state index contributed by atoms with van der Waals surface area (Å²) in [4.78, 5) is 14.9. The lowest BCUT2D eigenvalue weighted by molar-refractivity contribution is 0.105. The number of carbonyl (C=O) groups excluding carboxylic acids is 1. The Morgan fingerprint density at radius 1 is 1.21 bits per heavy atom. The van der Waals surface area contributed by atoms with Crippen LogP contribution in [0, 0.1) is 0 Å². The van der Waals surface area contributed by atoms with Gasteiger partial charge in [-0.1, -0.05) is 12.8 Å². The standard InChI is InChI=1S/C18H27N3O2S/c1-23-16-6-4-15(5-7-16)20-17(22)19-14-18(8-2-3-9-18)21-10-12-24-13-11-21/h4-7H,2-3,8-14H2,1H3,(H2,19,20,22). The molecule has 0 bridgehead atoms. The highest BCUT2D eigenvalue weighted by Crippen LogP contribution is 2.36. The Balaban J connectivity index is 1.54. The number of rotatable bonds is 5. The largest absolute Gasteiger partial charge is 0.497 e. The van der Waals surface area contributed by atoms with Crippen LogP contribution in [-0.4, -0.2) is 54.7 Å². The zero-order valence-corrected chi connectivity index (χ0v) is 15.2. The Labute approximate surface area is 148 Å². The van der Waals surface area contributed by atoms with Crippen LogP contribution in [0.25, 0.3) is 0 Å². The van der Waals surface area contributed by atoms with Gasteiger partial charge in [0.05, 0.1) is 7.11 Å². The number of thioether (sulfide) groups is 1. The number of ether oxygens (including phenoxy) is 1. The maximum Gasteiger partial charge on any atom is 0.319 e. The van der Waals surface area contributed by atoms with Gasteiger partial charge in [-0.25, -0.2) is 4.79 Å². The summed E-state index contributed by atoms with van der Waals surface area (Å²) in [6.45, 7) is 3.03. The van der Waals surface area contributed by atoms with E-state index in [0.717, 1.165) is 31.1 Å². The molecule has 6 heteroatoms. The number of methoxy groups -OCH3 is 1. The van der Waals surface area contributed by atoms with Crippen LogP contribution in [0.15, 0.2) is 24.3 Å². The number of nitrogens with zero attached hydrogens (tertiary/aromatic N) is 1. The van der Waals surface area contributed by atoms with E-state index in [4.69, 9.17) is 4.74 Å². The fourth-order valence-corrected chi connectivity index (χ4v) is 4.67. The molecule has 1 saturated heterocycles. The van der Waals surface area contributed by atoms with Gasteiger partial charge in [0.2, 0.25) is 0 Å². The third-order valence-corrected chi connectivity index (χ3v) is 6.08. The normalized spacial score (nSPS) is 20.5. The molecule has 0 spiro atoms. The van der Waals surface area contributed by atoms with Gasteiger partial charge < -0.3 is 15.4 Å². The van der Waals surface area contributed by atoms with Crippen molar-refractivity contribution in [3.63, 3.8) is 0 Å². The molecular weight excluding hydrogens is 322 g/mol. The number of amides is 2. The molecule has 132 valence electrons. The molecule has 2 N–H and O–H groups in total. The van der Waals surface area contributed by atoms with Gasteiger partial charge >= 0.3 is 6.03 Å². The predicted octanol–water partition coefficient (Wildman–Crippen LogP) is 3.18. The van der Waals surface area contributed by atoms with Crippen LogP contribution in [0.1, 0.15) is 25.7 Å². The molecule has 24 heavy (non-hydrogen) atoms. The van der Waals surface area contributed by atoms with Crippen LogP contribution in [-0.2, 0) is 0 Å². The topological polar surface area (TPSA) is 53.6 Å². The van der Waals surface area contributed by atoms with Gasteiger partial charge in [-0.15, -0.1) is 0 Å². The minimum atomic E-state index is -0.127. The lowest BCUT2D eigenvalue weighted by Crippen LogP contribution is -2.56. The molecule has 1 saturated carbocycles. The van der Waals surface area contributed by atoms with E-state index >= 15 is 0 Å². The molecular formula is C18H27N3O2S. The van der Waals surface area contributed by atoms with E-state index < -0.39 is 0 Å². The summed E-state index contributed by atoms with van der Waals surface area (Å²) in [6, 6.07) is 7.27. The van der Waals surface area contributed by atoms with E-state index in [1.54, 1.807) is 7.11 Å². The molecule has 0 unspecified atom stereocenters. The predicted molar refractivity (Wildman–Crippen MR) is 100 cm³/mol. The van der Waals surface area contributed by atoms with Gasteiger partial charge in [-0.2, -0.15) is 11.8 Å². The average molecular weight is 350 g/mol. The third-order valence-electron chi connectivity index (χ3n) is 5.14. The Morgan fingerprint density at radius 2 is 1.88 bits per heavy atom. The van der Waals surface area contributed by atoms with Gasteiger partial charge in [0.25, 0.3) is 0 Å². The summed E-state index contributed by atoms with van der Waals surface area (Å²) in [5.74, 6) is 3.20. The number of hydrogen-bond acceptors (Lipinski definition) is 4. The number of urea groups is 1. The molecule has 3 rings (SSSR count). The van der Waals surface area contributed by atoms with Crippen molar-refractivity contribution in [2.24, 2.45) is 0 Å². The van der Waals surface area contributed by atoms with Crippen LogP contribution in [0.2, 0.25) is 0 Å². The van der Waals surface area contributed by atoms with Crippen molar-refractivity contribution < 1.29 is 9.53 Å². The summed E-state index contributed by atoms with van der Waals surface area (Å²) >= 11 is 2.03. The smallest absolute Gasteiger partial charge is 0.319 e. The van der Waals surface area contributed by atoms with Crippen LogP contribution in [0.4, 0.5) is 10.5 Å². The number of benzene rings is 1. The van der Waals surface area contributed by atoms with Gasteiger partial charge in [-0.3, -0.25) is 4.90 Å². The summed E-state index contributed by atoms with van der Waals surface area (Å²) in [6.07, 6.45) is 4.93. The number of nitrogens with one attached hydrogen (secondary N) is 2. The van der Waals surface area contributed by atoms with E-state index in [0.29, 0.717) is 0 Å². The molecule has 0 aromatic heterocycles. The Bertz CT molecular complexity index is 538. The highest BCUT2D eigenvalue weighted by molar-refractivity contribution is 7.99. The number of anilines is 1.